The largest absolute Gasteiger partial charge is 0.586 e. The van der Waals surface area contributed by atoms with Crippen LogP contribution in [0.4, 0.5) is 8.78 Å². The number of hydrogen-bond acceptors (Lipinski definition) is 2. The third-order valence-corrected chi connectivity index (χ3v) is 3.20. The van der Waals surface area contributed by atoms with Crippen molar-refractivity contribution < 1.29 is 18.3 Å². The van der Waals surface area contributed by atoms with Gasteiger partial charge in [0.25, 0.3) is 0 Å². The number of benzene rings is 1. The summed E-state index contributed by atoms with van der Waals surface area (Å²) >= 11 is 6.16. The normalized spacial score (nSPS) is 23.9. The smallest absolute Gasteiger partial charge is 0.395 e. The minimum absolute atomic E-state index is 0.0597. The summed E-state index contributed by atoms with van der Waals surface area (Å²) < 4.78 is 34.0. The van der Waals surface area contributed by atoms with Crippen molar-refractivity contribution in [3.8, 4) is 11.5 Å². The maximum atomic E-state index is 12.7. The molecule has 3 rings (SSSR count). The van der Waals surface area contributed by atoms with Gasteiger partial charge in [-0.1, -0.05) is 6.07 Å². The van der Waals surface area contributed by atoms with Gasteiger partial charge < -0.3 is 9.47 Å². The van der Waals surface area contributed by atoms with E-state index >= 15 is 0 Å². The Labute approximate surface area is 89.7 Å². The summed E-state index contributed by atoms with van der Waals surface area (Å²) in [5.74, 6) is 0.120. The molecule has 0 saturated heterocycles. The highest BCUT2D eigenvalue weighted by Gasteiger charge is 2.46. The molecule has 0 atom stereocenters. The van der Waals surface area contributed by atoms with Gasteiger partial charge in [0.1, 0.15) is 0 Å². The lowest BCUT2D eigenvalue weighted by molar-refractivity contribution is -0.286. The molecule has 2 aliphatic rings. The molecule has 0 amide bonds. The number of alkyl halides is 3. The lowest BCUT2D eigenvalue weighted by Gasteiger charge is -2.06. The maximum absolute atomic E-state index is 12.7. The van der Waals surface area contributed by atoms with Crippen molar-refractivity contribution in [1.82, 2.24) is 0 Å². The van der Waals surface area contributed by atoms with Gasteiger partial charge in [-0.2, -0.15) is 0 Å². The van der Waals surface area contributed by atoms with Crippen LogP contribution in [0.5, 0.6) is 11.5 Å². The fraction of sp³-hybridized carbons (Fsp3) is 0.400. The van der Waals surface area contributed by atoms with Crippen LogP contribution in [0.15, 0.2) is 18.2 Å². The summed E-state index contributed by atoms with van der Waals surface area (Å²) in [7, 11) is 0. The Bertz CT molecular complexity index is 429. The molecule has 1 fully saturated rings. The molecule has 1 aromatic rings. The van der Waals surface area contributed by atoms with Gasteiger partial charge in [0, 0.05) is 0 Å². The van der Waals surface area contributed by atoms with Crippen molar-refractivity contribution in [2.45, 2.75) is 24.0 Å². The first kappa shape index (κ1) is 9.21. The van der Waals surface area contributed by atoms with E-state index in [0.717, 1.165) is 18.4 Å². The summed E-state index contributed by atoms with van der Waals surface area (Å²) in [6.07, 6.45) is -1.82. The first-order valence-electron chi connectivity index (χ1n) is 4.58. The second-order valence-corrected chi connectivity index (χ2v) is 4.52. The van der Waals surface area contributed by atoms with E-state index in [1.807, 2.05) is 0 Å². The molecule has 0 radical (unpaired) electrons. The summed E-state index contributed by atoms with van der Waals surface area (Å²) in [5, 5.41) is 0. The average Bonchev–Trinajstić information content (AvgIpc) is 2.78. The third kappa shape index (κ3) is 1.44. The minimum atomic E-state index is -3.55. The fourth-order valence-corrected chi connectivity index (χ4v) is 1.84. The Morgan fingerprint density at radius 3 is 2.47 bits per heavy atom. The Morgan fingerprint density at radius 1 is 1.13 bits per heavy atom. The molecule has 0 spiro atoms. The minimum Gasteiger partial charge on any atom is -0.395 e. The molecule has 15 heavy (non-hydrogen) atoms. The highest BCUT2D eigenvalue weighted by molar-refractivity contribution is 6.25. The lowest BCUT2D eigenvalue weighted by atomic mass is 10.1. The Hall–Kier alpha value is -1.03. The van der Waals surface area contributed by atoms with Gasteiger partial charge in [0.05, 0.1) is 4.87 Å². The standard InChI is InChI=1S/C10H7ClF2O2/c11-9(3-4-9)6-1-2-7-8(5-6)15-10(12,13)14-7/h1-2,5H,3-4H2. The van der Waals surface area contributed by atoms with E-state index in [-0.39, 0.29) is 16.4 Å². The first-order chi connectivity index (χ1) is 6.99. The van der Waals surface area contributed by atoms with Gasteiger partial charge in [0.15, 0.2) is 11.5 Å². The second-order valence-electron chi connectivity index (χ2n) is 3.79. The van der Waals surface area contributed by atoms with E-state index in [4.69, 9.17) is 11.6 Å². The molecule has 0 unspecified atom stereocenters. The van der Waals surface area contributed by atoms with E-state index < -0.39 is 6.29 Å². The first-order valence-corrected chi connectivity index (χ1v) is 4.96. The van der Waals surface area contributed by atoms with Crippen LogP contribution in [0.25, 0.3) is 0 Å². The topological polar surface area (TPSA) is 18.5 Å². The number of hydrogen-bond donors (Lipinski definition) is 0. The summed E-state index contributed by atoms with van der Waals surface area (Å²) in [4.78, 5) is -0.379. The molecule has 5 heteroatoms. The molecular weight excluding hydrogens is 226 g/mol. The zero-order chi connectivity index (χ0) is 10.7. The van der Waals surface area contributed by atoms with Crippen LogP contribution in [0.2, 0.25) is 0 Å². The zero-order valence-electron chi connectivity index (χ0n) is 7.60. The van der Waals surface area contributed by atoms with Crippen molar-refractivity contribution in [3.05, 3.63) is 23.8 Å². The molecular formula is C10H7ClF2O2. The summed E-state index contributed by atoms with van der Waals surface area (Å²) in [6.45, 7) is 0. The van der Waals surface area contributed by atoms with Crippen molar-refractivity contribution in [1.29, 1.82) is 0 Å². The molecule has 80 valence electrons. The molecule has 0 aromatic heterocycles. The maximum Gasteiger partial charge on any atom is 0.586 e. The highest BCUT2D eigenvalue weighted by atomic mass is 35.5. The zero-order valence-corrected chi connectivity index (χ0v) is 8.35. The SMILES string of the molecule is FC1(F)Oc2ccc(C3(Cl)CC3)cc2O1. The van der Waals surface area contributed by atoms with Crippen LogP contribution in [-0.4, -0.2) is 6.29 Å². The predicted molar refractivity (Wildman–Crippen MR) is 49.4 cm³/mol. The molecule has 0 bridgehead atoms. The van der Waals surface area contributed by atoms with Crippen molar-refractivity contribution in [3.63, 3.8) is 0 Å². The van der Waals surface area contributed by atoms with Crippen molar-refractivity contribution >= 4 is 11.6 Å². The Kier molecular flexibility index (Phi) is 1.57. The number of rotatable bonds is 1. The van der Waals surface area contributed by atoms with Crippen LogP contribution in [-0.2, 0) is 4.87 Å². The van der Waals surface area contributed by atoms with E-state index in [2.05, 4.69) is 9.47 Å². The van der Waals surface area contributed by atoms with E-state index in [1.54, 1.807) is 6.07 Å². The molecule has 1 heterocycles. The van der Waals surface area contributed by atoms with Gasteiger partial charge >= 0.3 is 6.29 Å². The molecule has 1 aromatic carbocycles. The molecule has 1 aliphatic carbocycles. The highest BCUT2D eigenvalue weighted by Crippen LogP contribution is 2.54. The molecule has 0 N–H and O–H groups in total. The third-order valence-electron chi connectivity index (χ3n) is 2.61. The van der Waals surface area contributed by atoms with Gasteiger partial charge in [-0.15, -0.1) is 20.4 Å². The number of halogens is 3. The van der Waals surface area contributed by atoms with E-state index in [9.17, 15) is 8.78 Å². The molecule has 2 nitrogen and oxygen atoms in total. The monoisotopic (exact) mass is 232 g/mol. The van der Waals surface area contributed by atoms with E-state index in [0.29, 0.717) is 0 Å². The lowest BCUT2D eigenvalue weighted by Crippen LogP contribution is -2.25. The van der Waals surface area contributed by atoms with Crippen LogP contribution < -0.4 is 9.47 Å². The van der Waals surface area contributed by atoms with Crippen LogP contribution in [0, 0.1) is 0 Å². The number of fused-ring (bicyclic) bond motifs is 1. The molecule has 1 saturated carbocycles. The summed E-state index contributed by atoms with van der Waals surface area (Å²) in [6, 6.07) is 4.69. The van der Waals surface area contributed by atoms with Gasteiger partial charge in [0.2, 0.25) is 0 Å². The quantitative estimate of drug-likeness (QED) is 0.692. The van der Waals surface area contributed by atoms with Crippen molar-refractivity contribution in [2.75, 3.05) is 0 Å². The fourth-order valence-electron chi connectivity index (χ4n) is 1.63. The Balaban J connectivity index is 1.99. The Morgan fingerprint density at radius 2 is 1.80 bits per heavy atom. The molecule has 1 aliphatic heterocycles. The van der Waals surface area contributed by atoms with Gasteiger partial charge in [-0.05, 0) is 30.5 Å². The van der Waals surface area contributed by atoms with Gasteiger partial charge in [-0.25, -0.2) is 0 Å². The van der Waals surface area contributed by atoms with E-state index in [1.165, 1.54) is 12.1 Å². The van der Waals surface area contributed by atoms with Crippen LogP contribution in [0.3, 0.4) is 0 Å². The second kappa shape index (κ2) is 2.55. The van der Waals surface area contributed by atoms with Crippen LogP contribution >= 0.6 is 11.6 Å². The van der Waals surface area contributed by atoms with Crippen molar-refractivity contribution in [2.24, 2.45) is 0 Å². The average molecular weight is 233 g/mol. The van der Waals surface area contributed by atoms with Crippen LogP contribution in [0.1, 0.15) is 18.4 Å². The van der Waals surface area contributed by atoms with Gasteiger partial charge in [-0.3, -0.25) is 0 Å². The summed E-state index contributed by atoms with van der Waals surface area (Å²) in [5.41, 5.74) is 0.809. The number of ether oxygens (including phenoxy) is 2. The predicted octanol–water partition coefficient (Wildman–Crippen LogP) is 3.24.